The van der Waals surface area contributed by atoms with Crippen molar-refractivity contribution >= 4 is 47.1 Å². The lowest BCUT2D eigenvalue weighted by atomic mass is 10.1. The molecular weight excluding hydrogens is 505 g/mol. The number of hydrogen-bond acceptors (Lipinski definition) is 6. The van der Waals surface area contributed by atoms with E-state index in [0.29, 0.717) is 26.6 Å². The molecule has 3 aromatic carbocycles. The Morgan fingerprint density at radius 2 is 1.74 bits per heavy atom. The SMILES string of the molecule is COc1ccc(-n2c(SCC(=O)NN=Cc3c(Cl)cccc3Cl)nnc2-c2ccc(C)cc2)cc1. The molecule has 0 atom stereocenters. The van der Waals surface area contributed by atoms with Crippen molar-refractivity contribution in [2.24, 2.45) is 5.10 Å². The third-order valence-corrected chi connectivity index (χ3v) is 6.58. The van der Waals surface area contributed by atoms with E-state index < -0.39 is 0 Å². The molecule has 0 fully saturated rings. The summed E-state index contributed by atoms with van der Waals surface area (Å²) in [5, 5.41) is 14.2. The van der Waals surface area contributed by atoms with Crippen molar-refractivity contribution in [1.29, 1.82) is 0 Å². The summed E-state index contributed by atoms with van der Waals surface area (Å²) in [6.07, 6.45) is 1.42. The van der Waals surface area contributed by atoms with E-state index in [1.165, 1.54) is 18.0 Å². The number of rotatable bonds is 8. The number of halogens is 2. The molecule has 0 radical (unpaired) electrons. The molecule has 0 saturated carbocycles. The van der Waals surface area contributed by atoms with Gasteiger partial charge in [-0.1, -0.05) is 70.9 Å². The minimum absolute atomic E-state index is 0.0791. The van der Waals surface area contributed by atoms with E-state index in [9.17, 15) is 4.79 Å². The number of aryl methyl sites for hydroxylation is 1. The van der Waals surface area contributed by atoms with Crippen molar-refractivity contribution in [3.8, 4) is 22.8 Å². The molecule has 1 heterocycles. The lowest BCUT2D eigenvalue weighted by molar-refractivity contribution is -0.118. The van der Waals surface area contributed by atoms with Gasteiger partial charge in [0.25, 0.3) is 5.91 Å². The van der Waals surface area contributed by atoms with Crippen LogP contribution in [0.15, 0.2) is 77.0 Å². The Balaban J connectivity index is 1.53. The molecule has 0 aliphatic carbocycles. The number of nitrogens with zero attached hydrogens (tertiary/aromatic N) is 4. The normalized spacial score (nSPS) is 11.1. The summed E-state index contributed by atoms with van der Waals surface area (Å²) in [4.78, 5) is 12.4. The molecule has 4 rings (SSSR count). The fraction of sp³-hybridized carbons (Fsp3) is 0.120. The van der Waals surface area contributed by atoms with Crippen LogP contribution in [-0.2, 0) is 4.79 Å². The van der Waals surface area contributed by atoms with Crippen LogP contribution in [0.5, 0.6) is 5.75 Å². The summed E-state index contributed by atoms with van der Waals surface area (Å²) in [6, 6.07) is 20.7. The number of thioether (sulfide) groups is 1. The number of benzene rings is 3. The maximum absolute atomic E-state index is 12.4. The predicted octanol–water partition coefficient (Wildman–Crippen LogP) is 5.80. The fourth-order valence-corrected chi connectivity index (χ4v) is 4.42. The Hall–Kier alpha value is -3.33. The zero-order valence-corrected chi connectivity index (χ0v) is 21.2. The fourth-order valence-electron chi connectivity index (χ4n) is 3.18. The number of carbonyl (C=O) groups is 1. The quantitative estimate of drug-likeness (QED) is 0.178. The van der Waals surface area contributed by atoms with Crippen LogP contribution in [0.25, 0.3) is 17.1 Å². The van der Waals surface area contributed by atoms with Gasteiger partial charge in [0.2, 0.25) is 0 Å². The molecule has 1 amide bonds. The first-order valence-corrected chi connectivity index (χ1v) is 12.3. The Labute approximate surface area is 217 Å². The standard InChI is InChI=1S/C25H21Cl2N5O2S/c1-16-6-8-17(9-7-16)24-30-31-25(32(24)18-10-12-19(34-2)13-11-18)35-15-23(33)29-28-14-20-21(26)4-3-5-22(20)27/h3-14H,15H2,1-2H3,(H,29,33). The van der Waals surface area contributed by atoms with Crippen molar-refractivity contribution in [2.75, 3.05) is 12.9 Å². The van der Waals surface area contributed by atoms with E-state index in [2.05, 4.69) is 20.7 Å². The minimum Gasteiger partial charge on any atom is -0.497 e. The first-order chi connectivity index (χ1) is 17.0. The summed E-state index contributed by atoms with van der Waals surface area (Å²) in [6.45, 7) is 2.03. The highest BCUT2D eigenvalue weighted by Gasteiger charge is 2.17. The number of ether oxygens (including phenoxy) is 1. The largest absolute Gasteiger partial charge is 0.497 e. The van der Waals surface area contributed by atoms with Crippen LogP contribution in [0.4, 0.5) is 0 Å². The molecule has 7 nitrogen and oxygen atoms in total. The van der Waals surface area contributed by atoms with E-state index in [1.54, 1.807) is 25.3 Å². The van der Waals surface area contributed by atoms with Gasteiger partial charge < -0.3 is 4.74 Å². The molecule has 0 saturated heterocycles. The van der Waals surface area contributed by atoms with Crippen LogP contribution in [-0.4, -0.2) is 39.7 Å². The topological polar surface area (TPSA) is 81.4 Å². The maximum atomic E-state index is 12.4. The van der Waals surface area contributed by atoms with E-state index >= 15 is 0 Å². The van der Waals surface area contributed by atoms with Gasteiger partial charge in [0.1, 0.15) is 5.75 Å². The van der Waals surface area contributed by atoms with Crippen molar-refractivity contribution in [2.45, 2.75) is 12.1 Å². The number of nitrogens with one attached hydrogen (secondary N) is 1. The van der Waals surface area contributed by atoms with Gasteiger partial charge in [-0.15, -0.1) is 10.2 Å². The molecule has 0 spiro atoms. The third-order valence-electron chi connectivity index (χ3n) is 4.99. The number of hydrogen-bond donors (Lipinski definition) is 1. The molecule has 0 bridgehead atoms. The lowest BCUT2D eigenvalue weighted by Gasteiger charge is -2.11. The Morgan fingerprint density at radius 3 is 2.40 bits per heavy atom. The van der Waals surface area contributed by atoms with Crippen LogP contribution in [0.1, 0.15) is 11.1 Å². The van der Waals surface area contributed by atoms with E-state index in [-0.39, 0.29) is 11.7 Å². The molecule has 10 heteroatoms. The lowest BCUT2D eigenvalue weighted by Crippen LogP contribution is -2.20. The maximum Gasteiger partial charge on any atom is 0.250 e. The van der Waals surface area contributed by atoms with E-state index in [1.807, 2.05) is 60.0 Å². The van der Waals surface area contributed by atoms with Crippen molar-refractivity contribution in [3.63, 3.8) is 0 Å². The summed E-state index contributed by atoms with van der Waals surface area (Å²) in [5.74, 6) is 1.18. The van der Waals surface area contributed by atoms with Gasteiger partial charge in [0, 0.05) is 16.8 Å². The van der Waals surface area contributed by atoms with Gasteiger partial charge in [-0.05, 0) is 43.3 Å². The molecule has 0 aliphatic rings. The smallest absolute Gasteiger partial charge is 0.250 e. The number of hydrazone groups is 1. The third kappa shape index (κ3) is 6.03. The summed E-state index contributed by atoms with van der Waals surface area (Å²) in [7, 11) is 1.62. The summed E-state index contributed by atoms with van der Waals surface area (Å²) in [5.41, 5.74) is 5.93. The van der Waals surface area contributed by atoms with Gasteiger partial charge >= 0.3 is 0 Å². The van der Waals surface area contributed by atoms with Crippen LogP contribution in [0, 0.1) is 6.92 Å². The summed E-state index contributed by atoms with van der Waals surface area (Å²) >= 11 is 13.5. The highest BCUT2D eigenvalue weighted by Crippen LogP contribution is 2.29. The second-order valence-corrected chi connectivity index (χ2v) is 9.18. The molecule has 0 aliphatic heterocycles. The second kappa shape index (κ2) is 11.4. The number of carbonyl (C=O) groups excluding carboxylic acids is 1. The average molecular weight is 526 g/mol. The molecule has 1 aromatic heterocycles. The molecule has 0 unspecified atom stereocenters. The van der Waals surface area contributed by atoms with Crippen molar-refractivity contribution in [3.05, 3.63) is 87.9 Å². The summed E-state index contributed by atoms with van der Waals surface area (Å²) < 4.78 is 7.19. The van der Waals surface area contributed by atoms with Gasteiger partial charge in [0.15, 0.2) is 11.0 Å². The Morgan fingerprint density at radius 1 is 1.06 bits per heavy atom. The van der Waals surface area contributed by atoms with Gasteiger partial charge in [-0.2, -0.15) is 5.10 Å². The van der Waals surface area contributed by atoms with E-state index in [4.69, 9.17) is 27.9 Å². The van der Waals surface area contributed by atoms with Gasteiger partial charge in [-0.3, -0.25) is 9.36 Å². The monoisotopic (exact) mass is 525 g/mol. The second-order valence-electron chi connectivity index (χ2n) is 7.42. The highest BCUT2D eigenvalue weighted by atomic mass is 35.5. The molecular formula is C25H21Cl2N5O2S. The van der Waals surface area contributed by atoms with Crippen LogP contribution >= 0.6 is 35.0 Å². The molecule has 4 aromatic rings. The van der Waals surface area contributed by atoms with Crippen LogP contribution in [0.2, 0.25) is 10.0 Å². The number of aromatic nitrogens is 3. The predicted molar refractivity (Wildman–Crippen MR) is 141 cm³/mol. The first kappa shape index (κ1) is 24.8. The Kier molecular flexibility index (Phi) is 8.07. The van der Waals surface area contributed by atoms with Crippen LogP contribution in [0.3, 0.4) is 0 Å². The van der Waals surface area contributed by atoms with E-state index in [0.717, 1.165) is 22.6 Å². The molecule has 35 heavy (non-hydrogen) atoms. The van der Waals surface area contributed by atoms with Gasteiger partial charge in [-0.25, -0.2) is 5.43 Å². The van der Waals surface area contributed by atoms with Crippen molar-refractivity contribution < 1.29 is 9.53 Å². The van der Waals surface area contributed by atoms with Crippen LogP contribution < -0.4 is 10.2 Å². The minimum atomic E-state index is -0.310. The number of methoxy groups -OCH3 is 1. The Bertz CT molecular complexity index is 1340. The average Bonchev–Trinajstić information content (AvgIpc) is 3.29. The number of amides is 1. The van der Waals surface area contributed by atoms with Crippen molar-refractivity contribution in [1.82, 2.24) is 20.2 Å². The molecule has 178 valence electrons. The molecule has 1 N–H and O–H groups in total. The van der Waals surface area contributed by atoms with Gasteiger partial charge in [0.05, 0.1) is 29.1 Å². The zero-order valence-electron chi connectivity index (χ0n) is 18.9. The highest BCUT2D eigenvalue weighted by molar-refractivity contribution is 7.99. The zero-order chi connectivity index (χ0) is 24.8. The first-order valence-electron chi connectivity index (χ1n) is 10.5.